The molecule has 8 nitrogen and oxygen atoms in total. The number of fused-ring (bicyclic) bond motifs is 1. The highest BCUT2D eigenvalue weighted by molar-refractivity contribution is 6.50. The average Bonchev–Trinajstić information content (AvgIpc) is 2.72. The fraction of sp³-hybridized carbons (Fsp3) is 0.150. The fourth-order valence-corrected chi connectivity index (χ4v) is 2.99. The number of rotatable bonds is 6. The van der Waals surface area contributed by atoms with Crippen LogP contribution in [0.25, 0.3) is 22.0 Å². The van der Waals surface area contributed by atoms with Crippen LogP contribution in [0.1, 0.15) is 21.7 Å². The van der Waals surface area contributed by atoms with Crippen molar-refractivity contribution >= 4 is 39.6 Å². The number of benzene rings is 2. The van der Waals surface area contributed by atoms with Gasteiger partial charge < -0.3 is 29.1 Å². The Morgan fingerprint density at radius 3 is 2.31 bits per heavy atom. The minimum atomic E-state index is -1.37. The van der Waals surface area contributed by atoms with Crippen molar-refractivity contribution < 1.29 is 24.1 Å². The van der Waals surface area contributed by atoms with Crippen LogP contribution in [0.15, 0.2) is 35.1 Å². The topological polar surface area (TPSA) is 114 Å². The molecule has 0 radical (unpaired) electrons. The summed E-state index contributed by atoms with van der Waals surface area (Å²) < 4.78 is 15.9. The van der Waals surface area contributed by atoms with Crippen molar-refractivity contribution in [3.05, 3.63) is 57.6 Å². The first kappa shape index (κ1) is 20.2. The summed E-state index contributed by atoms with van der Waals surface area (Å²) in [5.74, 6) is 0.000547. The molecule has 0 spiro atoms. The highest BCUT2D eigenvalue weighted by Crippen LogP contribution is 2.39. The Hall–Kier alpha value is -3.52. The van der Waals surface area contributed by atoms with Gasteiger partial charge in [-0.05, 0) is 41.5 Å². The summed E-state index contributed by atoms with van der Waals surface area (Å²) in [5.41, 5.74) is 0.246. The number of H-pyrrole nitrogens is 1. The Morgan fingerprint density at radius 2 is 1.76 bits per heavy atom. The molecule has 0 saturated carbocycles. The van der Waals surface area contributed by atoms with Gasteiger partial charge in [-0.25, -0.2) is 4.98 Å². The molecule has 3 rings (SSSR count). The van der Waals surface area contributed by atoms with E-state index in [1.54, 1.807) is 18.2 Å². The minimum Gasteiger partial charge on any atom is -0.545 e. The van der Waals surface area contributed by atoms with Crippen molar-refractivity contribution in [1.82, 2.24) is 9.97 Å². The van der Waals surface area contributed by atoms with E-state index in [0.717, 1.165) is 0 Å². The van der Waals surface area contributed by atoms with E-state index in [1.807, 2.05) is 0 Å². The van der Waals surface area contributed by atoms with Crippen LogP contribution in [0.2, 0.25) is 0 Å². The van der Waals surface area contributed by atoms with Gasteiger partial charge in [0, 0.05) is 0 Å². The number of aromatic carboxylic acids is 1. The molecule has 3 aromatic rings. The predicted molar refractivity (Wildman–Crippen MR) is 107 cm³/mol. The highest BCUT2D eigenvalue weighted by Gasteiger charge is 2.14. The molecule has 0 aliphatic rings. The van der Waals surface area contributed by atoms with E-state index in [4.69, 9.17) is 25.8 Å². The Labute approximate surface area is 170 Å². The van der Waals surface area contributed by atoms with Gasteiger partial charge in [-0.1, -0.05) is 17.7 Å². The third kappa shape index (κ3) is 4.02. The number of carbonyl (C=O) groups is 1. The maximum atomic E-state index is 12.3. The zero-order valence-corrected chi connectivity index (χ0v) is 16.5. The molecule has 0 unspecified atom stereocenters. The number of hydrogen-bond donors (Lipinski definition) is 1. The number of aromatic nitrogens is 2. The van der Waals surface area contributed by atoms with Crippen LogP contribution in [0.4, 0.5) is 0 Å². The van der Waals surface area contributed by atoms with Crippen LogP contribution in [0.3, 0.4) is 0 Å². The molecule has 29 heavy (non-hydrogen) atoms. The van der Waals surface area contributed by atoms with Crippen LogP contribution < -0.4 is 24.9 Å². The monoisotopic (exact) mass is 415 g/mol. The second-order valence-corrected chi connectivity index (χ2v) is 6.29. The van der Waals surface area contributed by atoms with Crippen molar-refractivity contribution in [1.29, 1.82) is 0 Å². The highest BCUT2D eigenvalue weighted by atomic mass is 35.5. The second-order valence-electron chi connectivity index (χ2n) is 5.88. The zero-order valence-electron chi connectivity index (χ0n) is 15.7. The van der Waals surface area contributed by atoms with Gasteiger partial charge >= 0.3 is 0 Å². The van der Waals surface area contributed by atoms with Crippen molar-refractivity contribution in [2.24, 2.45) is 0 Å². The number of carboxylic acid groups (broad SMARTS) is 1. The van der Waals surface area contributed by atoms with E-state index in [1.165, 1.54) is 39.5 Å². The van der Waals surface area contributed by atoms with E-state index >= 15 is 0 Å². The lowest BCUT2D eigenvalue weighted by molar-refractivity contribution is -0.255. The molecule has 0 bridgehead atoms. The lowest BCUT2D eigenvalue weighted by Crippen LogP contribution is -2.22. The number of hydrogen-bond acceptors (Lipinski definition) is 7. The number of carboxylic acids is 1. The van der Waals surface area contributed by atoms with Gasteiger partial charge in [-0.2, -0.15) is 0 Å². The smallest absolute Gasteiger partial charge is 0.259 e. The molecule has 0 fully saturated rings. The minimum absolute atomic E-state index is 0.0772. The molecule has 0 saturated heterocycles. The third-order valence-electron chi connectivity index (χ3n) is 4.15. The van der Waals surface area contributed by atoms with E-state index in [9.17, 15) is 14.7 Å². The Morgan fingerprint density at radius 1 is 1.10 bits per heavy atom. The van der Waals surface area contributed by atoms with Gasteiger partial charge in [-0.3, -0.25) is 4.79 Å². The third-order valence-corrected chi connectivity index (χ3v) is 4.44. The summed E-state index contributed by atoms with van der Waals surface area (Å²) in [6.45, 7) is 0. The molecule has 0 aliphatic heterocycles. The Bertz CT molecular complexity index is 1160. The number of nitrogens with one attached hydrogen (secondary N) is 1. The lowest BCUT2D eigenvalue weighted by Gasteiger charge is -2.13. The summed E-state index contributed by atoms with van der Waals surface area (Å²) >= 11 is 6.37. The van der Waals surface area contributed by atoms with Gasteiger partial charge in [-0.15, -0.1) is 0 Å². The SMILES string of the molecule is COc1cc(/C=C(\Cl)c2nc3cc(C(=O)[O-])ccc3c(=O)[nH]2)cc(OC)c1OC. The largest absolute Gasteiger partial charge is 0.545 e. The van der Waals surface area contributed by atoms with Gasteiger partial charge in [0.1, 0.15) is 0 Å². The van der Waals surface area contributed by atoms with E-state index < -0.39 is 11.5 Å². The number of aromatic amines is 1. The number of halogens is 1. The van der Waals surface area contributed by atoms with Crippen LogP contribution in [0.5, 0.6) is 17.2 Å². The van der Waals surface area contributed by atoms with E-state index in [2.05, 4.69) is 9.97 Å². The number of methoxy groups -OCH3 is 3. The molecule has 9 heteroatoms. The molecule has 0 aliphatic carbocycles. The maximum Gasteiger partial charge on any atom is 0.259 e. The number of carbonyl (C=O) groups excluding carboxylic acids is 1. The van der Waals surface area contributed by atoms with Crippen molar-refractivity contribution in [3.63, 3.8) is 0 Å². The number of nitrogens with zero attached hydrogens (tertiary/aromatic N) is 1. The maximum absolute atomic E-state index is 12.3. The van der Waals surface area contributed by atoms with Crippen molar-refractivity contribution in [2.75, 3.05) is 21.3 Å². The average molecular weight is 416 g/mol. The van der Waals surface area contributed by atoms with E-state index in [0.29, 0.717) is 22.8 Å². The first-order chi connectivity index (χ1) is 13.9. The molecule has 0 amide bonds. The number of ether oxygens (including phenoxy) is 3. The molecule has 1 heterocycles. The molecule has 0 atom stereocenters. The quantitative estimate of drug-likeness (QED) is 0.655. The molecule has 1 N–H and O–H groups in total. The summed E-state index contributed by atoms with van der Waals surface area (Å²) in [7, 11) is 4.47. The lowest BCUT2D eigenvalue weighted by atomic mass is 10.1. The van der Waals surface area contributed by atoms with Crippen LogP contribution in [-0.4, -0.2) is 37.3 Å². The molecular weight excluding hydrogens is 400 g/mol. The van der Waals surface area contributed by atoms with Crippen LogP contribution >= 0.6 is 11.6 Å². The first-order valence-corrected chi connectivity index (χ1v) is 8.68. The van der Waals surface area contributed by atoms with Gasteiger partial charge in [0.15, 0.2) is 17.3 Å². The Balaban J connectivity index is 2.11. The van der Waals surface area contributed by atoms with Crippen molar-refractivity contribution in [3.8, 4) is 17.2 Å². The summed E-state index contributed by atoms with van der Waals surface area (Å²) in [6.07, 6.45) is 1.55. The predicted octanol–water partition coefficient (Wildman–Crippen LogP) is 2.05. The van der Waals surface area contributed by atoms with Gasteiger partial charge in [0.05, 0.1) is 43.2 Å². The summed E-state index contributed by atoms with van der Waals surface area (Å²) in [4.78, 5) is 30.2. The fourth-order valence-electron chi connectivity index (χ4n) is 2.78. The molecule has 1 aromatic heterocycles. The molecule has 2 aromatic carbocycles. The van der Waals surface area contributed by atoms with Crippen LogP contribution in [-0.2, 0) is 0 Å². The van der Waals surface area contributed by atoms with Gasteiger partial charge in [0.2, 0.25) is 5.75 Å². The standard InChI is InChI=1S/C20H17ClN2O6/c1-27-15-7-10(8-16(28-2)17(15)29-3)6-13(21)18-22-14-9-11(20(25)26)4-5-12(14)19(24)23-18/h4-9H,1-3H3,(H,25,26)(H,22,23,24)/p-1/b13-6-. The summed E-state index contributed by atoms with van der Waals surface area (Å²) in [5, 5.41) is 11.4. The van der Waals surface area contributed by atoms with E-state index in [-0.39, 0.29) is 27.3 Å². The zero-order chi connectivity index (χ0) is 21.1. The van der Waals surface area contributed by atoms with Crippen LogP contribution in [0, 0.1) is 0 Å². The summed E-state index contributed by atoms with van der Waals surface area (Å²) in [6, 6.07) is 7.26. The first-order valence-electron chi connectivity index (χ1n) is 8.31. The normalized spacial score (nSPS) is 11.4. The van der Waals surface area contributed by atoms with Crippen molar-refractivity contribution in [2.45, 2.75) is 0 Å². The molecule has 150 valence electrons. The molecular formula is C20H16ClN2O6-. The second kappa shape index (κ2) is 8.24. The Kier molecular flexibility index (Phi) is 5.74. The van der Waals surface area contributed by atoms with Gasteiger partial charge in [0.25, 0.3) is 5.56 Å².